The zero-order valence-electron chi connectivity index (χ0n) is 17.3. The molecule has 3 heteroatoms. The number of rotatable bonds is 16. The minimum atomic E-state index is 0.661. The van der Waals surface area contributed by atoms with Crippen LogP contribution in [0.2, 0.25) is 0 Å². The molecule has 0 unspecified atom stereocenters. The third-order valence-corrected chi connectivity index (χ3v) is 5.23. The summed E-state index contributed by atoms with van der Waals surface area (Å²) in [6, 6.07) is 4.03. The van der Waals surface area contributed by atoms with E-state index in [1.165, 1.54) is 89.9 Å². The summed E-state index contributed by atoms with van der Waals surface area (Å²) in [6.07, 6.45) is 23.8. The van der Waals surface area contributed by atoms with Gasteiger partial charge in [-0.15, -0.1) is 0 Å². The summed E-state index contributed by atoms with van der Waals surface area (Å²) in [4.78, 5) is 0. The number of nitrogens with zero attached hydrogens (tertiary/aromatic N) is 2. The number of aryl methyl sites for hydroxylation is 1. The lowest BCUT2D eigenvalue weighted by molar-refractivity contribution is -0.697. The molecule has 0 spiro atoms. The van der Waals surface area contributed by atoms with Gasteiger partial charge in [-0.1, -0.05) is 89.1 Å². The van der Waals surface area contributed by atoms with E-state index >= 15 is 0 Å². The van der Waals surface area contributed by atoms with E-state index in [4.69, 9.17) is 5.21 Å². The first-order valence-corrected chi connectivity index (χ1v) is 11.0. The maximum absolute atomic E-state index is 8.78. The highest BCUT2D eigenvalue weighted by Crippen LogP contribution is 2.12. The zero-order chi connectivity index (χ0) is 18.9. The van der Waals surface area contributed by atoms with Crippen LogP contribution in [0.5, 0.6) is 0 Å². The molecule has 1 heterocycles. The topological polar surface area (TPSA) is 36.5 Å². The molecule has 0 amide bonds. The molecule has 0 bridgehead atoms. The highest BCUT2D eigenvalue weighted by Gasteiger charge is 2.03. The Morgan fingerprint density at radius 2 is 1.19 bits per heavy atom. The van der Waals surface area contributed by atoms with Crippen LogP contribution in [0, 0.1) is 0 Å². The van der Waals surface area contributed by atoms with E-state index in [2.05, 4.69) is 29.0 Å². The third-order valence-electron chi connectivity index (χ3n) is 5.23. The second-order valence-corrected chi connectivity index (χ2v) is 7.61. The lowest BCUT2D eigenvalue weighted by Crippen LogP contribution is -2.32. The molecule has 0 fully saturated rings. The van der Waals surface area contributed by atoms with Crippen LogP contribution in [0.1, 0.15) is 109 Å². The Morgan fingerprint density at radius 3 is 1.62 bits per heavy atom. The average molecular weight is 362 g/mol. The van der Waals surface area contributed by atoms with Gasteiger partial charge in [0.25, 0.3) is 0 Å². The molecule has 0 saturated heterocycles. The molecule has 26 heavy (non-hydrogen) atoms. The molecule has 1 rings (SSSR count). The standard InChI is InChI=1S/C23H40N2O/c1-3-4-5-6-7-8-9-10-11-12-13-14-15-16-19-25-20-17-23(18-21-25)22(2)24-26/h17-18,20-21H,3-16,19H2,1-2H3/p+1. The van der Waals surface area contributed by atoms with Crippen molar-refractivity contribution in [3.63, 3.8) is 0 Å². The molecule has 0 aliphatic carbocycles. The number of hydrogen-bond donors (Lipinski definition) is 1. The SMILES string of the molecule is CCCCCCCCCCCCCCCC[n+]1ccc(C(C)=NO)cc1. The smallest absolute Gasteiger partial charge is 0.169 e. The van der Waals surface area contributed by atoms with E-state index in [0.29, 0.717) is 5.71 Å². The maximum Gasteiger partial charge on any atom is 0.169 e. The maximum atomic E-state index is 8.78. The van der Waals surface area contributed by atoms with Crippen LogP contribution in [0.4, 0.5) is 0 Å². The molecule has 3 nitrogen and oxygen atoms in total. The van der Waals surface area contributed by atoms with E-state index < -0.39 is 0 Å². The summed E-state index contributed by atoms with van der Waals surface area (Å²) in [6.45, 7) is 5.17. The van der Waals surface area contributed by atoms with Crippen molar-refractivity contribution in [2.45, 2.75) is 110 Å². The van der Waals surface area contributed by atoms with Gasteiger partial charge in [0.2, 0.25) is 0 Å². The lowest BCUT2D eigenvalue weighted by atomic mass is 10.0. The van der Waals surface area contributed by atoms with E-state index in [0.717, 1.165) is 12.1 Å². The van der Waals surface area contributed by atoms with Gasteiger partial charge in [-0.2, -0.15) is 0 Å². The molecular weight excluding hydrogens is 320 g/mol. The number of aromatic nitrogens is 1. The predicted octanol–water partition coefficient (Wildman–Crippen LogP) is 6.65. The highest BCUT2D eigenvalue weighted by molar-refractivity contribution is 5.97. The molecule has 0 atom stereocenters. The Morgan fingerprint density at radius 1 is 0.769 bits per heavy atom. The monoisotopic (exact) mass is 361 g/mol. The highest BCUT2D eigenvalue weighted by atomic mass is 16.4. The molecule has 0 aliphatic rings. The molecule has 0 aliphatic heterocycles. The Balaban J connectivity index is 1.89. The van der Waals surface area contributed by atoms with Gasteiger partial charge < -0.3 is 5.21 Å². The van der Waals surface area contributed by atoms with Crippen LogP contribution in [-0.4, -0.2) is 10.9 Å². The van der Waals surface area contributed by atoms with Crippen molar-refractivity contribution in [1.82, 2.24) is 0 Å². The number of oxime groups is 1. The average Bonchev–Trinajstić information content (AvgIpc) is 2.68. The zero-order valence-corrected chi connectivity index (χ0v) is 17.3. The van der Waals surface area contributed by atoms with E-state index in [9.17, 15) is 0 Å². The van der Waals surface area contributed by atoms with Crippen LogP contribution >= 0.6 is 0 Å². The quantitative estimate of drug-likeness (QED) is 0.115. The van der Waals surface area contributed by atoms with Gasteiger partial charge in [0, 0.05) is 24.1 Å². The summed E-state index contributed by atoms with van der Waals surface area (Å²) >= 11 is 0. The van der Waals surface area contributed by atoms with Gasteiger partial charge in [-0.3, -0.25) is 0 Å². The first-order chi connectivity index (χ1) is 12.8. The van der Waals surface area contributed by atoms with E-state index in [1.807, 2.05) is 19.1 Å². The minimum Gasteiger partial charge on any atom is -0.411 e. The third kappa shape index (κ3) is 11.3. The van der Waals surface area contributed by atoms with Crippen molar-refractivity contribution in [2.75, 3.05) is 0 Å². The fourth-order valence-electron chi connectivity index (χ4n) is 3.39. The van der Waals surface area contributed by atoms with Gasteiger partial charge >= 0.3 is 0 Å². The molecule has 0 aromatic carbocycles. The first kappa shape index (κ1) is 22.7. The van der Waals surface area contributed by atoms with Gasteiger partial charge in [0.1, 0.15) is 6.54 Å². The van der Waals surface area contributed by atoms with Gasteiger partial charge in [-0.05, 0) is 13.3 Å². The summed E-state index contributed by atoms with van der Waals surface area (Å²) < 4.78 is 2.22. The van der Waals surface area contributed by atoms with Crippen molar-refractivity contribution in [1.29, 1.82) is 0 Å². The fraction of sp³-hybridized carbons (Fsp3) is 0.739. The first-order valence-electron chi connectivity index (χ1n) is 11.0. The molecule has 0 radical (unpaired) electrons. The van der Waals surface area contributed by atoms with Crippen LogP contribution in [-0.2, 0) is 6.54 Å². The van der Waals surface area contributed by atoms with Gasteiger partial charge in [-0.25, -0.2) is 4.57 Å². The Hall–Kier alpha value is -1.38. The molecule has 1 N–H and O–H groups in total. The van der Waals surface area contributed by atoms with Gasteiger partial charge in [0.15, 0.2) is 12.4 Å². The van der Waals surface area contributed by atoms with Crippen molar-refractivity contribution >= 4 is 5.71 Å². The van der Waals surface area contributed by atoms with Crippen LogP contribution in [0.25, 0.3) is 0 Å². The van der Waals surface area contributed by atoms with Crippen molar-refractivity contribution in [3.05, 3.63) is 30.1 Å². The van der Waals surface area contributed by atoms with E-state index in [1.54, 1.807) is 0 Å². The Bertz CT molecular complexity index is 468. The van der Waals surface area contributed by atoms with Crippen molar-refractivity contribution < 1.29 is 9.77 Å². The predicted molar refractivity (Wildman–Crippen MR) is 111 cm³/mol. The van der Waals surface area contributed by atoms with Crippen LogP contribution < -0.4 is 4.57 Å². The summed E-state index contributed by atoms with van der Waals surface area (Å²) in [5.41, 5.74) is 1.64. The largest absolute Gasteiger partial charge is 0.411 e. The van der Waals surface area contributed by atoms with Crippen LogP contribution in [0.3, 0.4) is 0 Å². The van der Waals surface area contributed by atoms with E-state index in [-0.39, 0.29) is 0 Å². The number of unbranched alkanes of at least 4 members (excludes halogenated alkanes) is 13. The molecule has 1 aromatic rings. The second-order valence-electron chi connectivity index (χ2n) is 7.61. The Labute approximate surface area is 161 Å². The van der Waals surface area contributed by atoms with Crippen molar-refractivity contribution in [2.24, 2.45) is 5.16 Å². The second kappa shape index (κ2) is 15.8. The minimum absolute atomic E-state index is 0.661. The summed E-state index contributed by atoms with van der Waals surface area (Å²) in [7, 11) is 0. The molecular formula is C23H41N2O+. The Kier molecular flexibility index (Phi) is 13.8. The summed E-state index contributed by atoms with van der Waals surface area (Å²) in [5, 5.41) is 12.0. The fourth-order valence-corrected chi connectivity index (χ4v) is 3.39. The molecule has 1 aromatic heterocycles. The van der Waals surface area contributed by atoms with Crippen LogP contribution in [0.15, 0.2) is 29.7 Å². The molecule has 148 valence electrons. The summed E-state index contributed by atoms with van der Waals surface area (Å²) in [5.74, 6) is 0. The normalized spacial score (nSPS) is 11.8. The lowest BCUT2D eigenvalue weighted by Gasteiger charge is -2.03. The van der Waals surface area contributed by atoms with Gasteiger partial charge in [0.05, 0.1) is 5.71 Å². The molecule has 0 saturated carbocycles. The number of hydrogen-bond acceptors (Lipinski definition) is 2. The van der Waals surface area contributed by atoms with Crippen molar-refractivity contribution in [3.8, 4) is 0 Å². The number of pyridine rings is 1.